The van der Waals surface area contributed by atoms with Crippen molar-refractivity contribution in [1.82, 2.24) is 14.5 Å². The minimum Gasteiger partial charge on any atom is -0.383 e. The SMILES string of the molecule is Nc1cc([N+](=O)[O-])cc(-n2ccnc2)n1. The van der Waals surface area contributed by atoms with Gasteiger partial charge in [-0.3, -0.25) is 14.7 Å². The molecule has 7 heteroatoms. The number of anilines is 1. The number of imidazole rings is 1. The smallest absolute Gasteiger partial charge is 0.276 e. The fourth-order valence-corrected chi connectivity index (χ4v) is 1.15. The molecule has 0 aromatic carbocycles. The van der Waals surface area contributed by atoms with Crippen molar-refractivity contribution < 1.29 is 4.92 Å². The van der Waals surface area contributed by atoms with E-state index in [4.69, 9.17) is 5.73 Å². The van der Waals surface area contributed by atoms with E-state index >= 15 is 0 Å². The van der Waals surface area contributed by atoms with E-state index in [1.807, 2.05) is 0 Å². The molecule has 0 saturated carbocycles. The van der Waals surface area contributed by atoms with E-state index in [1.165, 1.54) is 18.5 Å². The van der Waals surface area contributed by atoms with Crippen molar-refractivity contribution in [2.24, 2.45) is 0 Å². The Morgan fingerprint density at radius 3 is 2.87 bits per heavy atom. The first kappa shape index (κ1) is 9.13. The summed E-state index contributed by atoms with van der Waals surface area (Å²) in [5.74, 6) is 0.479. The summed E-state index contributed by atoms with van der Waals surface area (Å²) >= 11 is 0. The molecule has 0 saturated heterocycles. The lowest BCUT2D eigenvalue weighted by molar-refractivity contribution is -0.384. The van der Waals surface area contributed by atoms with E-state index in [9.17, 15) is 10.1 Å². The molecule has 0 aliphatic rings. The van der Waals surface area contributed by atoms with Crippen LogP contribution >= 0.6 is 0 Å². The highest BCUT2D eigenvalue weighted by molar-refractivity contribution is 5.47. The van der Waals surface area contributed by atoms with Crippen LogP contribution in [0.3, 0.4) is 0 Å². The van der Waals surface area contributed by atoms with E-state index in [-0.39, 0.29) is 11.5 Å². The second-order valence-corrected chi connectivity index (χ2v) is 2.84. The molecule has 7 nitrogen and oxygen atoms in total. The molecule has 0 bridgehead atoms. The summed E-state index contributed by atoms with van der Waals surface area (Å²) in [5, 5.41) is 10.6. The average Bonchev–Trinajstić information content (AvgIpc) is 2.69. The Bertz CT molecular complexity index is 494. The molecule has 2 rings (SSSR count). The summed E-state index contributed by atoms with van der Waals surface area (Å²) in [5.41, 5.74) is 5.36. The minimum atomic E-state index is -0.515. The van der Waals surface area contributed by atoms with E-state index in [0.29, 0.717) is 5.82 Å². The number of nitro groups is 1. The van der Waals surface area contributed by atoms with Crippen LogP contribution in [0.4, 0.5) is 11.5 Å². The van der Waals surface area contributed by atoms with Crippen LogP contribution in [0.15, 0.2) is 30.9 Å². The number of aromatic nitrogens is 3. The molecular weight excluding hydrogens is 198 g/mol. The standard InChI is InChI=1S/C8H7N5O2/c9-7-3-6(13(14)15)4-8(11-7)12-2-1-10-5-12/h1-5H,(H2,9,11). The number of nitrogens with zero attached hydrogens (tertiary/aromatic N) is 4. The third kappa shape index (κ3) is 1.75. The predicted molar refractivity (Wildman–Crippen MR) is 52.4 cm³/mol. The lowest BCUT2D eigenvalue weighted by atomic mass is 10.4. The van der Waals surface area contributed by atoms with Gasteiger partial charge in [0.1, 0.15) is 18.0 Å². The van der Waals surface area contributed by atoms with Gasteiger partial charge in [-0.05, 0) is 0 Å². The van der Waals surface area contributed by atoms with Gasteiger partial charge < -0.3 is 5.73 Å². The van der Waals surface area contributed by atoms with Crippen molar-refractivity contribution in [2.45, 2.75) is 0 Å². The second-order valence-electron chi connectivity index (χ2n) is 2.84. The van der Waals surface area contributed by atoms with Crippen molar-refractivity contribution in [2.75, 3.05) is 5.73 Å². The van der Waals surface area contributed by atoms with Gasteiger partial charge in [0, 0.05) is 12.4 Å². The molecule has 2 aromatic rings. The summed E-state index contributed by atoms with van der Waals surface area (Å²) in [4.78, 5) is 17.8. The largest absolute Gasteiger partial charge is 0.383 e. The topological polar surface area (TPSA) is 99.9 Å². The second kappa shape index (κ2) is 3.37. The Kier molecular flexibility index (Phi) is 2.05. The first-order valence-electron chi connectivity index (χ1n) is 4.07. The first-order valence-corrected chi connectivity index (χ1v) is 4.07. The highest BCUT2D eigenvalue weighted by Gasteiger charge is 2.10. The highest BCUT2D eigenvalue weighted by atomic mass is 16.6. The summed E-state index contributed by atoms with van der Waals surface area (Å²) < 4.78 is 1.54. The molecule has 0 radical (unpaired) electrons. The summed E-state index contributed by atoms with van der Waals surface area (Å²) in [6, 6.07) is 2.54. The van der Waals surface area contributed by atoms with Gasteiger partial charge in [-0.15, -0.1) is 0 Å². The van der Waals surface area contributed by atoms with E-state index in [1.54, 1.807) is 17.0 Å². The van der Waals surface area contributed by atoms with Crippen molar-refractivity contribution in [3.8, 4) is 5.82 Å². The Labute approximate surface area is 84.3 Å². The van der Waals surface area contributed by atoms with E-state index in [2.05, 4.69) is 9.97 Å². The van der Waals surface area contributed by atoms with Crippen LogP contribution < -0.4 is 5.73 Å². The fraction of sp³-hybridized carbons (Fsp3) is 0. The molecule has 2 heterocycles. The van der Waals surface area contributed by atoms with Crippen LogP contribution in [0, 0.1) is 10.1 Å². The van der Waals surface area contributed by atoms with Crippen molar-refractivity contribution in [3.63, 3.8) is 0 Å². The molecule has 2 N–H and O–H groups in total. The van der Waals surface area contributed by atoms with E-state index < -0.39 is 4.92 Å². The molecule has 76 valence electrons. The quantitative estimate of drug-likeness (QED) is 0.576. The van der Waals surface area contributed by atoms with Gasteiger partial charge in [0.2, 0.25) is 0 Å². The molecule has 0 spiro atoms. The molecule has 0 aliphatic heterocycles. The lowest BCUT2D eigenvalue weighted by Gasteiger charge is -2.01. The Balaban J connectivity index is 2.54. The van der Waals surface area contributed by atoms with Crippen molar-refractivity contribution in [3.05, 3.63) is 41.0 Å². The summed E-state index contributed by atoms with van der Waals surface area (Å²) in [7, 11) is 0. The van der Waals surface area contributed by atoms with Gasteiger partial charge in [-0.1, -0.05) is 0 Å². The molecule has 2 aromatic heterocycles. The molecule has 0 atom stereocenters. The molecule has 0 fully saturated rings. The van der Waals surface area contributed by atoms with Crippen molar-refractivity contribution >= 4 is 11.5 Å². The number of nitrogen functional groups attached to an aromatic ring is 1. The number of rotatable bonds is 2. The maximum absolute atomic E-state index is 10.6. The summed E-state index contributed by atoms with van der Waals surface area (Å²) in [6.45, 7) is 0. The maximum Gasteiger partial charge on any atom is 0.276 e. The molecule has 0 aliphatic carbocycles. The van der Waals surface area contributed by atoms with Crippen LogP contribution in [0.2, 0.25) is 0 Å². The number of nitrogens with two attached hydrogens (primary N) is 1. The van der Waals surface area contributed by atoms with Crippen LogP contribution in [0.5, 0.6) is 0 Å². The normalized spacial score (nSPS) is 10.1. The number of hydrogen-bond donors (Lipinski definition) is 1. The minimum absolute atomic E-state index is 0.0915. The maximum atomic E-state index is 10.6. The van der Waals surface area contributed by atoms with Gasteiger partial charge in [-0.25, -0.2) is 9.97 Å². The van der Waals surface area contributed by atoms with Crippen LogP contribution in [0.25, 0.3) is 5.82 Å². The Hall–Kier alpha value is -2.44. The van der Waals surface area contributed by atoms with Gasteiger partial charge >= 0.3 is 0 Å². The van der Waals surface area contributed by atoms with Crippen LogP contribution in [-0.2, 0) is 0 Å². The highest BCUT2D eigenvalue weighted by Crippen LogP contribution is 2.17. The van der Waals surface area contributed by atoms with E-state index in [0.717, 1.165) is 0 Å². The monoisotopic (exact) mass is 205 g/mol. The first-order chi connectivity index (χ1) is 7.16. The molecule has 0 unspecified atom stereocenters. The predicted octanol–water partition coefficient (Wildman–Crippen LogP) is 0.758. The van der Waals surface area contributed by atoms with Gasteiger partial charge in [0.25, 0.3) is 5.69 Å². The number of hydrogen-bond acceptors (Lipinski definition) is 5. The van der Waals surface area contributed by atoms with Crippen molar-refractivity contribution in [1.29, 1.82) is 0 Å². The molecule has 0 amide bonds. The number of pyridine rings is 1. The zero-order valence-electron chi connectivity index (χ0n) is 7.57. The third-order valence-electron chi connectivity index (χ3n) is 1.80. The molecule has 15 heavy (non-hydrogen) atoms. The van der Waals surface area contributed by atoms with Crippen LogP contribution in [-0.4, -0.2) is 19.5 Å². The average molecular weight is 205 g/mol. The van der Waals surface area contributed by atoms with Gasteiger partial charge in [0.15, 0.2) is 0 Å². The van der Waals surface area contributed by atoms with Gasteiger partial charge in [-0.2, -0.15) is 0 Å². The van der Waals surface area contributed by atoms with Gasteiger partial charge in [0.05, 0.1) is 17.1 Å². The Morgan fingerprint density at radius 1 is 1.47 bits per heavy atom. The molecular formula is C8H7N5O2. The Morgan fingerprint density at radius 2 is 2.27 bits per heavy atom. The zero-order valence-corrected chi connectivity index (χ0v) is 7.57. The van der Waals surface area contributed by atoms with Crippen LogP contribution in [0.1, 0.15) is 0 Å². The summed E-state index contributed by atoms with van der Waals surface area (Å²) in [6.07, 6.45) is 4.67. The zero-order chi connectivity index (χ0) is 10.8. The lowest BCUT2D eigenvalue weighted by Crippen LogP contribution is -2.00. The third-order valence-corrected chi connectivity index (χ3v) is 1.80. The fourth-order valence-electron chi connectivity index (χ4n) is 1.15.